The fourth-order valence-corrected chi connectivity index (χ4v) is 4.55. The predicted octanol–water partition coefficient (Wildman–Crippen LogP) is 2.51. The van der Waals surface area contributed by atoms with Crippen molar-refractivity contribution >= 4 is 27.4 Å². The number of phenolic OH excluding ortho intramolecular Hbond substituents is 1. The van der Waals surface area contributed by atoms with Gasteiger partial charge in [-0.25, -0.2) is 22.8 Å². The summed E-state index contributed by atoms with van der Waals surface area (Å²) in [4.78, 5) is 24.1. The molecule has 0 spiro atoms. The number of carbonyl (C=O) groups excluding carboxylic acids is 1. The maximum Gasteiger partial charge on any atom is 0.263 e. The second-order valence-electron chi connectivity index (χ2n) is 7.52. The van der Waals surface area contributed by atoms with Gasteiger partial charge in [0, 0.05) is 40.9 Å². The van der Waals surface area contributed by atoms with Gasteiger partial charge in [0.05, 0.1) is 11.3 Å². The van der Waals surface area contributed by atoms with Crippen LogP contribution in [0.15, 0.2) is 66.0 Å². The Morgan fingerprint density at radius 2 is 1.82 bits per heavy atom. The van der Waals surface area contributed by atoms with E-state index >= 15 is 0 Å². The van der Waals surface area contributed by atoms with E-state index in [4.69, 9.17) is 0 Å². The van der Waals surface area contributed by atoms with Crippen molar-refractivity contribution in [2.24, 2.45) is 0 Å². The fraction of sp³-hybridized carbons (Fsp3) is 0.227. The Morgan fingerprint density at radius 3 is 2.45 bits per heavy atom. The SMILES string of the molecule is O=C(Cc1ccc(O)c(F)c1)N1CCN(c2ccc(S(=O)(=O)Nc3ccncn3)cc2)CC1.[HH].[HH]. The van der Waals surface area contributed by atoms with Gasteiger partial charge in [0.25, 0.3) is 10.0 Å². The maximum absolute atomic E-state index is 13.5. The van der Waals surface area contributed by atoms with Gasteiger partial charge >= 0.3 is 0 Å². The van der Waals surface area contributed by atoms with E-state index in [-0.39, 0.29) is 25.9 Å². The highest BCUT2D eigenvalue weighted by Gasteiger charge is 2.22. The smallest absolute Gasteiger partial charge is 0.263 e. The molecule has 1 saturated heterocycles. The number of halogens is 1. The third-order valence-corrected chi connectivity index (χ3v) is 6.70. The van der Waals surface area contributed by atoms with Crippen molar-refractivity contribution in [3.05, 3.63) is 72.4 Å². The van der Waals surface area contributed by atoms with Gasteiger partial charge in [-0.1, -0.05) is 6.07 Å². The summed E-state index contributed by atoms with van der Waals surface area (Å²) in [6.07, 6.45) is 2.76. The number of nitrogens with zero attached hydrogens (tertiary/aromatic N) is 4. The summed E-state index contributed by atoms with van der Waals surface area (Å²) in [5.74, 6) is -1.12. The summed E-state index contributed by atoms with van der Waals surface area (Å²) < 4.78 is 41.0. The van der Waals surface area contributed by atoms with Crippen LogP contribution in [0.2, 0.25) is 0 Å². The number of sulfonamides is 1. The molecule has 1 aliphatic heterocycles. The van der Waals surface area contributed by atoms with E-state index in [2.05, 4.69) is 19.6 Å². The van der Waals surface area contributed by atoms with E-state index in [1.54, 1.807) is 17.0 Å². The van der Waals surface area contributed by atoms with Gasteiger partial charge < -0.3 is 14.9 Å². The molecule has 2 heterocycles. The first-order valence-electron chi connectivity index (χ1n) is 10.2. The monoisotopic (exact) mass is 475 g/mol. The van der Waals surface area contributed by atoms with Crippen LogP contribution < -0.4 is 9.62 Å². The second kappa shape index (κ2) is 9.41. The van der Waals surface area contributed by atoms with E-state index in [0.717, 1.165) is 5.69 Å². The number of nitrogens with one attached hydrogen (secondary N) is 1. The quantitative estimate of drug-likeness (QED) is 0.563. The molecule has 11 heteroatoms. The van der Waals surface area contributed by atoms with Crippen LogP contribution in [0, 0.1) is 5.82 Å². The zero-order valence-electron chi connectivity index (χ0n) is 17.6. The highest BCUT2D eigenvalue weighted by atomic mass is 32.2. The molecule has 176 valence electrons. The molecule has 0 unspecified atom stereocenters. The molecule has 0 atom stereocenters. The van der Waals surface area contributed by atoms with Gasteiger partial charge in [-0.05, 0) is 48.0 Å². The minimum absolute atomic E-state index is 0. The molecule has 0 aliphatic carbocycles. The minimum Gasteiger partial charge on any atom is -0.505 e. The number of aromatic nitrogens is 2. The van der Waals surface area contributed by atoms with Gasteiger partial charge in [0.1, 0.15) is 12.1 Å². The number of piperazine rings is 1. The lowest BCUT2D eigenvalue weighted by Gasteiger charge is -2.36. The molecule has 1 aliphatic rings. The third-order valence-electron chi connectivity index (χ3n) is 5.33. The van der Waals surface area contributed by atoms with Crippen molar-refractivity contribution in [1.29, 1.82) is 0 Å². The Bertz CT molecular complexity index is 1240. The molecular formula is C22H26FN5O4S. The average molecular weight is 476 g/mol. The lowest BCUT2D eigenvalue weighted by atomic mass is 10.1. The normalized spacial score (nSPS) is 14.2. The zero-order valence-corrected chi connectivity index (χ0v) is 18.4. The van der Waals surface area contributed by atoms with Gasteiger partial charge in [-0.3, -0.25) is 9.52 Å². The van der Waals surface area contributed by atoms with Gasteiger partial charge in [0.15, 0.2) is 11.6 Å². The summed E-state index contributed by atoms with van der Waals surface area (Å²) in [6, 6.07) is 11.9. The van der Waals surface area contributed by atoms with Crippen molar-refractivity contribution in [1.82, 2.24) is 14.9 Å². The second-order valence-corrected chi connectivity index (χ2v) is 9.21. The summed E-state index contributed by atoms with van der Waals surface area (Å²) >= 11 is 0. The Hall–Kier alpha value is -3.73. The van der Waals surface area contributed by atoms with Gasteiger partial charge in [0.2, 0.25) is 5.91 Å². The van der Waals surface area contributed by atoms with E-state index in [1.807, 2.05) is 0 Å². The molecule has 2 aromatic carbocycles. The standard InChI is InChI=1S/C22H22FN5O4S.2H2/c23-19-13-16(1-6-20(19)29)14-22(30)28-11-9-27(10-12-28)17-2-4-18(5-3-17)33(31,32)26-21-7-8-24-15-25-21;;/h1-8,13,15,29H,9-12,14H2,(H,24,25,26);2*1H. The van der Waals surface area contributed by atoms with Crippen molar-refractivity contribution in [3.8, 4) is 5.75 Å². The van der Waals surface area contributed by atoms with Crippen LogP contribution in [-0.2, 0) is 21.2 Å². The first kappa shape index (κ1) is 22.5. The molecule has 0 bridgehead atoms. The molecule has 33 heavy (non-hydrogen) atoms. The van der Waals surface area contributed by atoms with Crippen LogP contribution in [0.25, 0.3) is 0 Å². The van der Waals surface area contributed by atoms with Crippen LogP contribution in [0.3, 0.4) is 0 Å². The highest BCUT2D eigenvalue weighted by Crippen LogP contribution is 2.22. The van der Waals surface area contributed by atoms with Crippen LogP contribution >= 0.6 is 0 Å². The molecule has 1 aromatic heterocycles. The van der Waals surface area contributed by atoms with Crippen molar-refractivity contribution in [2.45, 2.75) is 11.3 Å². The summed E-state index contributed by atoms with van der Waals surface area (Å²) in [7, 11) is -3.77. The molecule has 1 fully saturated rings. The van der Waals surface area contributed by atoms with Crippen LogP contribution in [0.4, 0.5) is 15.9 Å². The first-order chi connectivity index (χ1) is 15.8. The van der Waals surface area contributed by atoms with Crippen LogP contribution in [-0.4, -0.2) is 60.5 Å². The summed E-state index contributed by atoms with van der Waals surface area (Å²) in [6.45, 7) is 2.16. The molecule has 3 aromatic rings. The lowest BCUT2D eigenvalue weighted by molar-refractivity contribution is -0.130. The molecule has 2 N–H and O–H groups in total. The van der Waals surface area contributed by atoms with Crippen LogP contribution in [0.5, 0.6) is 5.75 Å². The number of phenols is 1. The van der Waals surface area contributed by atoms with E-state index in [0.29, 0.717) is 31.7 Å². The minimum atomic E-state index is -3.77. The Kier molecular flexibility index (Phi) is 6.40. The van der Waals surface area contributed by atoms with E-state index in [1.165, 1.54) is 48.9 Å². The highest BCUT2D eigenvalue weighted by molar-refractivity contribution is 7.92. The Labute approximate surface area is 193 Å². The molecular weight excluding hydrogens is 449 g/mol. The molecule has 0 radical (unpaired) electrons. The number of benzene rings is 2. The summed E-state index contributed by atoms with van der Waals surface area (Å²) in [5, 5.41) is 9.27. The maximum atomic E-state index is 13.5. The zero-order chi connectivity index (χ0) is 23.4. The number of hydrogen-bond acceptors (Lipinski definition) is 7. The predicted molar refractivity (Wildman–Crippen MR) is 124 cm³/mol. The van der Waals surface area contributed by atoms with Crippen molar-refractivity contribution in [2.75, 3.05) is 35.8 Å². The van der Waals surface area contributed by atoms with E-state index in [9.17, 15) is 22.7 Å². The van der Waals surface area contributed by atoms with Gasteiger partial charge in [-0.2, -0.15) is 0 Å². The van der Waals surface area contributed by atoms with Gasteiger partial charge in [-0.15, -0.1) is 0 Å². The number of rotatable bonds is 6. The number of hydrogen-bond donors (Lipinski definition) is 2. The largest absolute Gasteiger partial charge is 0.505 e. The van der Waals surface area contributed by atoms with Crippen molar-refractivity contribution in [3.63, 3.8) is 0 Å². The number of aromatic hydroxyl groups is 1. The number of amides is 1. The number of anilines is 2. The number of carbonyl (C=O) groups is 1. The third kappa shape index (κ3) is 5.37. The van der Waals surface area contributed by atoms with Crippen LogP contribution in [0.1, 0.15) is 8.42 Å². The first-order valence-corrected chi connectivity index (χ1v) is 11.7. The summed E-state index contributed by atoms with van der Waals surface area (Å²) in [5.41, 5.74) is 1.36. The molecule has 0 saturated carbocycles. The Balaban J connectivity index is 0.00000216. The molecule has 1 amide bonds. The molecule has 4 rings (SSSR count). The Morgan fingerprint density at radius 1 is 1.09 bits per heavy atom. The fourth-order valence-electron chi connectivity index (χ4n) is 3.54. The topological polar surface area (TPSA) is 116 Å². The van der Waals surface area contributed by atoms with Crippen molar-refractivity contribution < 1.29 is 25.6 Å². The lowest BCUT2D eigenvalue weighted by Crippen LogP contribution is -2.49. The molecule has 9 nitrogen and oxygen atoms in total. The average Bonchev–Trinajstić information content (AvgIpc) is 2.82. The van der Waals surface area contributed by atoms with E-state index < -0.39 is 21.6 Å².